The largest absolute Gasteiger partial charge is 0.414 e. The van der Waals surface area contributed by atoms with E-state index < -0.39 is 40.9 Å². The van der Waals surface area contributed by atoms with Crippen LogP contribution in [0.1, 0.15) is 24.0 Å². The van der Waals surface area contributed by atoms with Crippen molar-refractivity contribution < 1.29 is 24.0 Å². The molecule has 32 heavy (non-hydrogen) atoms. The molecule has 4 N–H and O–H groups in total. The number of aryl methyl sites for hydroxylation is 2. The molecule has 0 amide bonds. The van der Waals surface area contributed by atoms with Gasteiger partial charge in [0.2, 0.25) is 0 Å². The number of hydrogen-bond donors (Lipinski definition) is 2. The van der Waals surface area contributed by atoms with Gasteiger partial charge >= 0.3 is 17.2 Å². The van der Waals surface area contributed by atoms with Crippen molar-refractivity contribution in [2.75, 3.05) is 0 Å². The molecule has 0 heterocycles. The molecule has 2 atom stereocenters. The van der Waals surface area contributed by atoms with E-state index in [2.05, 4.69) is 9.58 Å². The molecule has 0 radical (unpaired) electrons. The number of rotatable bonds is 12. The maximum atomic E-state index is 12.6. The molecule has 0 spiro atoms. The molecular weight excluding hydrogens is 408 g/mol. The fourth-order valence-corrected chi connectivity index (χ4v) is 3.07. The smallest absolute Gasteiger partial charge is 0.360 e. The van der Waals surface area contributed by atoms with Crippen LogP contribution in [-0.2, 0) is 27.2 Å². The molecule has 2 rings (SSSR count). The summed E-state index contributed by atoms with van der Waals surface area (Å²) in [6.07, 6.45) is 1.24. The van der Waals surface area contributed by atoms with Gasteiger partial charge in [0.05, 0.1) is 12.1 Å². The molecule has 2 aromatic rings. The number of benzene rings is 2. The van der Waals surface area contributed by atoms with E-state index in [0.29, 0.717) is 12.8 Å². The van der Waals surface area contributed by atoms with Crippen molar-refractivity contribution in [1.82, 2.24) is 0 Å². The van der Waals surface area contributed by atoms with Gasteiger partial charge in [-0.2, -0.15) is 9.58 Å². The van der Waals surface area contributed by atoms with Gasteiger partial charge in [-0.25, -0.2) is 0 Å². The van der Waals surface area contributed by atoms with E-state index in [-0.39, 0.29) is 12.8 Å². The Bertz CT molecular complexity index is 986. The highest BCUT2D eigenvalue weighted by Crippen LogP contribution is 2.07. The summed E-state index contributed by atoms with van der Waals surface area (Å²) in [5.41, 5.74) is 30.1. The lowest BCUT2D eigenvalue weighted by atomic mass is 9.93. The molecule has 0 aromatic heterocycles. The average Bonchev–Trinajstić information content (AvgIpc) is 2.83. The normalized spacial score (nSPS) is 12.1. The van der Waals surface area contributed by atoms with Gasteiger partial charge in [0, 0.05) is 0 Å². The molecule has 0 bridgehead atoms. The number of hydrogen-bond acceptors (Lipinski definition) is 5. The summed E-state index contributed by atoms with van der Waals surface area (Å²) in [5, 5.41) is 0. The van der Waals surface area contributed by atoms with Crippen molar-refractivity contribution in [3.05, 3.63) is 82.9 Å². The summed E-state index contributed by atoms with van der Waals surface area (Å²) in [7, 11) is 0. The Labute approximate surface area is 185 Å². The Morgan fingerprint density at radius 2 is 1.03 bits per heavy atom. The van der Waals surface area contributed by atoms with Gasteiger partial charge in [-0.15, -0.1) is 0 Å². The molecule has 9 nitrogen and oxygen atoms in total. The lowest BCUT2D eigenvalue weighted by Crippen LogP contribution is -2.47. The third-order valence-electron chi connectivity index (χ3n) is 4.94. The molecule has 0 unspecified atom stereocenters. The lowest BCUT2D eigenvalue weighted by Gasteiger charge is -2.08. The second-order valence-corrected chi connectivity index (χ2v) is 7.22. The Hall–Kier alpha value is -3.87. The van der Waals surface area contributed by atoms with Crippen LogP contribution in [-0.4, -0.2) is 50.4 Å². The number of carbonyl (C=O) groups is 3. The Morgan fingerprint density at radius 1 is 0.688 bits per heavy atom. The van der Waals surface area contributed by atoms with Crippen molar-refractivity contribution in [2.45, 2.75) is 37.8 Å². The highest BCUT2D eigenvalue weighted by atomic mass is 16.2. The van der Waals surface area contributed by atoms with Crippen LogP contribution >= 0.6 is 0 Å². The molecule has 0 aliphatic carbocycles. The number of carbonyl (C=O) groups excluding carboxylic acids is 3. The van der Waals surface area contributed by atoms with Crippen LogP contribution < -0.4 is 11.5 Å². The third kappa shape index (κ3) is 6.57. The monoisotopic (exact) mass is 432 g/mol. The minimum atomic E-state index is -1.34. The maximum absolute atomic E-state index is 12.6. The first-order chi connectivity index (χ1) is 15.4. The van der Waals surface area contributed by atoms with Gasteiger partial charge in [-0.3, -0.25) is 14.4 Å². The first kappa shape index (κ1) is 24.4. The zero-order chi connectivity index (χ0) is 23.5. The fourth-order valence-electron chi connectivity index (χ4n) is 3.07. The lowest BCUT2D eigenvalue weighted by molar-refractivity contribution is -0.126. The first-order valence-electron chi connectivity index (χ1n) is 10.0. The maximum Gasteiger partial charge on any atom is 0.414 e. The van der Waals surface area contributed by atoms with Gasteiger partial charge in [-0.1, -0.05) is 60.7 Å². The Morgan fingerprint density at radius 3 is 1.34 bits per heavy atom. The molecule has 164 valence electrons. The highest BCUT2D eigenvalue weighted by molar-refractivity contribution is 6.87. The van der Waals surface area contributed by atoms with Crippen LogP contribution in [0.4, 0.5) is 0 Å². The molecule has 0 saturated carbocycles. The van der Waals surface area contributed by atoms with E-state index >= 15 is 0 Å². The summed E-state index contributed by atoms with van der Waals surface area (Å²) in [6.45, 7) is 0. The van der Waals surface area contributed by atoms with Crippen molar-refractivity contribution in [1.29, 1.82) is 0 Å². The fraction of sp³-hybridized carbons (Fsp3) is 0.261. The van der Waals surface area contributed by atoms with E-state index in [1.807, 2.05) is 60.7 Å². The second-order valence-electron chi connectivity index (χ2n) is 7.22. The van der Waals surface area contributed by atoms with Gasteiger partial charge in [-0.05, 0) is 36.8 Å². The highest BCUT2D eigenvalue weighted by Gasteiger charge is 2.45. The minimum Gasteiger partial charge on any atom is -0.360 e. The number of ketones is 3. The average molecular weight is 432 g/mol. The van der Waals surface area contributed by atoms with Crippen LogP contribution in [0.25, 0.3) is 11.1 Å². The van der Waals surface area contributed by atoms with Crippen LogP contribution in [0.15, 0.2) is 60.7 Å². The molecule has 0 saturated heterocycles. The van der Waals surface area contributed by atoms with E-state index in [4.69, 9.17) is 11.5 Å². The topological polar surface area (TPSA) is 176 Å². The zero-order valence-corrected chi connectivity index (χ0v) is 17.4. The summed E-state index contributed by atoms with van der Waals surface area (Å²) < 4.78 is 0. The van der Waals surface area contributed by atoms with Crippen molar-refractivity contribution in [3.8, 4) is 0 Å². The number of nitrogens with two attached hydrogens (primary N) is 2. The Kier molecular flexibility index (Phi) is 9.22. The van der Waals surface area contributed by atoms with Crippen molar-refractivity contribution in [3.63, 3.8) is 0 Å². The zero-order valence-electron chi connectivity index (χ0n) is 17.4. The van der Waals surface area contributed by atoms with Crippen LogP contribution in [0, 0.1) is 0 Å². The van der Waals surface area contributed by atoms with E-state index in [1.165, 1.54) is 0 Å². The van der Waals surface area contributed by atoms with Gasteiger partial charge < -0.3 is 22.5 Å². The summed E-state index contributed by atoms with van der Waals surface area (Å²) in [6, 6.07) is 16.1. The summed E-state index contributed by atoms with van der Waals surface area (Å²) >= 11 is 0. The van der Waals surface area contributed by atoms with E-state index in [9.17, 15) is 25.4 Å². The van der Waals surface area contributed by atoms with Gasteiger partial charge in [0.1, 0.15) is 0 Å². The molecule has 2 aromatic carbocycles. The second kappa shape index (κ2) is 12.1. The quantitative estimate of drug-likeness (QED) is 0.219. The first-order valence-corrected chi connectivity index (χ1v) is 10.0. The molecule has 9 heteroatoms. The summed E-state index contributed by atoms with van der Waals surface area (Å²) in [4.78, 5) is 43.1. The van der Waals surface area contributed by atoms with Crippen molar-refractivity contribution >= 4 is 28.8 Å². The predicted molar refractivity (Wildman–Crippen MR) is 118 cm³/mol. The van der Waals surface area contributed by atoms with Crippen molar-refractivity contribution in [2.24, 2.45) is 11.5 Å². The van der Waals surface area contributed by atoms with Crippen LogP contribution in [0.5, 0.6) is 0 Å². The van der Waals surface area contributed by atoms with E-state index in [0.717, 1.165) is 11.1 Å². The Balaban J connectivity index is 2.04. The minimum absolute atomic E-state index is 0.172. The van der Waals surface area contributed by atoms with Gasteiger partial charge in [0.15, 0.2) is 0 Å². The molecular formula is C23H24N6O3. The predicted octanol–water partition coefficient (Wildman–Crippen LogP) is 0.956. The summed E-state index contributed by atoms with van der Waals surface area (Å²) in [5.74, 6) is -3.28. The standard InChI is InChI=1S/C23H24N6O3/c24-17(13-11-15-7-3-1-4-8-15)21(30)19(28-26)23(32)20(29-27)22(31)18(25)14-12-16-9-5-2-6-10-16/h1-10,17-18H,11-14,24-25H2/t17-,18-/m0/s1. The molecule has 0 fully saturated rings. The molecule has 0 aliphatic rings. The SMILES string of the molecule is [N-]=[N+]=C(C(=O)C(=[N+]=[N-])C(=O)[C@@H](N)CCc1ccccc1)C(=O)[C@@H](N)CCc1ccccc1. The van der Waals surface area contributed by atoms with Gasteiger partial charge in [0.25, 0.3) is 11.6 Å². The number of nitrogens with zero attached hydrogens (tertiary/aromatic N) is 4. The van der Waals surface area contributed by atoms with Crippen LogP contribution in [0.3, 0.4) is 0 Å². The van der Waals surface area contributed by atoms with Crippen LogP contribution in [0.2, 0.25) is 0 Å². The molecule has 0 aliphatic heterocycles. The number of Topliss-reactive ketones (excluding diaryl/α,β-unsaturated/α-hetero) is 3. The third-order valence-corrected chi connectivity index (χ3v) is 4.94. The van der Waals surface area contributed by atoms with E-state index in [1.54, 1.807) is 0 Å².